The third-order valence-electron chi connectivity index (χ3n) is 5.27. The second-order valence-electron chi connectivity index (χ2n) is 6.93. The summed E-state index contributed by atoms with van der Waals surface area (Å²) in [4.78, 5) is 31.4. The highest BCUT2D eigenvalue weighted by molar-refractivity contribution is 5.83. The van der Waals surface area contributed by atoms with Crippen molar-refractivity contribution in [3.63, 3.8) is 0 Å². The fraction of sp³-hybridized carbons (Fsp3) is 0.632. The fourth-order valence-electron chi connectivity index (χ4n) is 3.98. The number of fused-ring (bicyclic) bond motifs is 1. The minimum atomic E-state index is -0.0375. The average Bonchev–Trinajstić information content (AvgIpc) is 3.06. The van der Waals surface area contributed by atoms with Crippen molar-refractivity contribution in [1.29, 1.82) is 0 Å². The number of pyridine rings is 1. The van der Waals surface area contributed by atoms with Crippen LogP contribution in [-0.2, 0) is 16.0 Å². The van der Waals surface area contributed by atoms with Gasteiger partial charge in [0, 0.05) is 31.5 Å². The van der Waals surface area contributed by atoms with E-state index in [4.69, 9.17) is 0 Å². The number of carbonyl (C=O) groups is 2. The van der Waals surface area contributed by atoms with Crippen LogP contribution in [-0.4, -0.2) is 40.8 Å². The number of rotatable bonds is 2. The fourth-order valence-corrected chi connectivity index (χ4v) is 3.98. The van der Waals surface area contributed by atoms with E-state index in [9.17, 15) is 9.59 Å². The first-order valence-electron chi connectivity index (χ1n) is 9.22. The van der Waals surface area contributed by atoms with E-state index in [-0.39, 0.29) is 23.8 Å². The maximum Gasteiger partial charge on any atom is 0.227 e. The van der Waals surface area contributed by atoms with E-state index in [0.717, 1.165) is 63.6 Å². The first-order valence-corrected chi connectivity index (χ1v) is 9.22. The van der Waals surface area contributed by atoms with Crippen LogP contribution >= 0.6 is 0 Å². The lowest BCUT2D eigenvalue weighted by Gasteiger charge is -2.32. The molecule has 3 rings (SSSR count). The van der Waals surface area contributed by atoms with Crippen molar-refractivity contribution in [3.05, 3.63) is 30.1 Å². The standard InChI is InChI=1S/C19H27N3O2/c23-18(14-15-8-11-20-12-9-15)22-13-4-2-1-3-10-21-19(24)16-6-5-7-17(16)22/h8-9,11-12,16-17H,1-7,10,13-14H2,(H,21,24)/t16-,17+/m0/s1. The number of aromatic nitrogens is 1. The first kappa shape index (κ1) is 16.9. The number of nitrogens with one attached hydrogen (secondary N) is 1. The summed E-state index contributed by atoms with van der Waals surface area (Å²) in [5.74, 6) is 0.246. The van der Waals surface area contributed by atoms with Crippen molar-refractivity contribution < 1.29 is 9.59 Å². The Morgan fingerprint density at radius 1 is 1.12 bits per heavy atom. The molecule has 5 heteroatoms. The van der Waals surface area contributed by atoms with Crippen LogP contribution in [0.15, 0.2) is 24.5 Å². The molecule has 0 spiro atoms. The third-order valence-corrected chi connectivity index (χ3v) is 5.27. The van der Waals surface area contributed by atoms with Crippen LogP contribution in [0.4, 0.5) is 0 Å². The molecule has 2 heterocycles. The lowest BCUT2D eigenvalue weighted by atomic mass is 9.99. The summed E-state index contributed by atoms with van der Waals surface area (Å²) >= 11 is 0. The molecule has 0 unspecified atom stereocenters. The van der Waals surface area contributed by atoms with Gasteiger partial charge in [-0.15, -0.1) is 0 Å². The Morgan fingerprint density at radius 3 is 2.75 bits per heavy atom. The van der Waals surface area contributed by atoms with E-state index < -0.39 is 0 Å². The molecule has 0 radical (unpaired) electrons. The van der Waals surface area contributed by atoms with E-state index in [1.165, 1.54) is 0 Å². The molecule has 1 saturated heterocycles. The van der Waals surface area contributed by atoms with Gasteiger partial charge in [-0.2, -0.15) is 0 Å². The van der Waals surface area contributed by atoms with Gasteiger partial charge in [-0.3, -0.25) is 14.6 Å². The number of carbonyl (C=O) groups excluding carboxylic acids is 2. The second kappa shape index (κ2) is 8.27. The molecular formula is C19H27N3O2. The van der Waals surface area contributed by atoms with E-state index in [0.29, 0.717) is 6.42 Å². The highest BCUT2D eigenvalue weighted by Gasteiger charge is 2.38. The number of nitrogens with zero attached hydrogens (tertiary/aromatic N) is 2. The molecule has 2 fully saturated rings. The maximum atomic E-state index is 12.9. The molecule has 1 N–H and O–H groups in total. The van der Waals surface area contributed by atoms with Gasteiger partial charge in [-0.25, -0.2) is 0 Å². The van der Waals surface area contributed by atoms with Crippen molar-refractivity contribution in [1.82, 2.24) is 15.2 Å². The highest BCUT2D eigenvalue weighted by atomic mass is 16.2. The van der Waals surface area contributed by atoms with E-state index >= 15 is 0 Å². The molecular weight excluding hydrogens is 302 g/mol. The van der Waals surface area contributed by atoms with Gasteiger partial charge < -0.3 is 10.2 Å². The first-order chi connectivity index (χ1) is 11.8. The van der Waals surface area contributed by atoms with Crippen LogP contribution in [0, 0.1) is 5.92 Å². The van der Waals surface area contributed by atoms with Gasteiger partial charge in [0.1, 0.15) is 0 Å². The van der Waals surface area contributed by atoms with Crippen LogP contribution in [0.2, 0.25) is 0 Å². The molecule has 2 aliphatic rings. The molecule has 1 aliphatic heterocycles. The van der Waals surface area contributed by atoms with E-state index in [2.05, 4.69) is 10.3 Å². The summed E-state index contributed by atoms with van der Waals surface area (Å²) in [7, 11) is 0. The van der Waals surface area contributed by atoms with Crippen LogP contribution in [0.3, 0.4) is 0 Å². The Balaban J connectivity index is 1.75. The van der Waals surface area contributed by atoms with E-state index in [1.54, 1.807) is 12.4 Å². The predicted octanol–water partition coefficient (Wildman–Crippen LogP) is 2.31. The Hall–Kier alpha value is -1.91. The largest absolute Gasteiger partial charge is 0.356 e. The molecule has 2 atom stereocenters. The summed E-state index contributed by atoms with van der Waals surface area (Å²) in [5, 5.41) is 3.08. The summed E-state index contributed by atoms with van der Waals surface area (Å²) in [5.41, 5.74) is 0.989. The Morgan fingerprint density at radius 2 is 1.92 bits per heavy atom. The van der Waals surface area contributed by atoms with Crippen molar-refractivity contribution in [2.75, 3.05) is 13.1 Å². The minimum Gasteiger partial charge on any atom is -0.356 e. The van der Waals surface area contributed by atoms with Gasteiger partial charge in [0.25, 0.3) is 0 Å². The monoisotopic (exact) mass is 329 g/mol. The lowest BCUT2D eigenvalue weighted by molar-refractivity contribution is -0.136. The molecule has 1 aromatic rings. The van der Waals surface area contributed by atoms with Crippen LogP contribution in [0.5, 0.6) is 0 Å². The molecule has 1 aromatic heterocycles. The molecule has 0 bridgehead atoms. The Labute approximate surface area is 143 Å². The SMILES string of the molecule is O=C1NCCCCCCN(C(=O)Cc2ccncc2)[C@@H]2CCC[C@H]12. The molecule has 2 amide bonds. The van der Waals surface area contributed by atoms with Gasteiger partial charge in [-0.1, -0.05) is 19.3 Å². The van der Waals surface area contributed by atoms with Gasteiger partial charge in [0.15, 0.2) is 0 Å². The van der Waals surface area contributed by atoms with Gasteiger partial charge in [0.05, 0.1) is 12.3 Å². The highest BCUT2D eigenvalue weighted by Crippen LogP contribution is 2.31. The minimum absolute atomic E-state index is 0.0375. The normalized spacial score (nSPS) is 25.5. The summed E-state index contributed by atoms with van der Waals surface area (Å²) in [6.07, 6.45) is 11.0. The molecule has 0 aromatic carbocycles. The van der Waals surface area contributed by atoms with Crippen LogP contribution in [0.25, 0.3) is 0 Å². The smallest absolute Gasteiger partial charge is 0.227 e. The lowest BCUT2D eigenvalue weighted by Crippen LogP contribution is -2.47. The molecule has 5 nitrogen and oxygen atoms in total. The van der Waals surface area contributed by atoms with E-state index in [1.807, 2.05) is 17.0 Å². The molecule has 24 heavy (non-hydrogen) atoms. The molecule has 130 valence electrons. The number of hydrogen-bond acceptors (Lipinski definition) is 3. The quantitative estimate of drug-likeness (QED) is 0.906. The second-order valence-corrected chi connectivity index (χ2v) is 6.93. The van der Waals surface area contributed by atoms with Crippen LogP contribution in [0.1, 0.15) is 50.5 Å². The Kier molecular flexibility index (Phi) is 5.83. The maximum absolute atomic E-state index is 12.9. The summed E-state index contributed by atoms with van der Waals surface area (Å²) < 4.78 is 0. The zero-order valence-electron chi connectivity index (χ0n) is 14.2. The van der Waals surface area contributed by atoms with Gasteiger partial charge in [0.2, 0.25) is 11.8 Å². The van der Waals surface area contributed by atoms with Crippen molar-refractivity contribution in [2.24, 2.45) is 5.92 Å². The molecule has 1 saturated carbocycles. The van der Waals surface area contributed by atoms with Gasteiger partial charge in [-0.05, 0) is 43.4 Å². The summed E-state index contributed by atoms with van der Waals surface area (Å²) in [6.45, 7) is 1.55. The third kappa shape index (κ3) is 4.13. The van der Waals surface area contributed by atoms with Gasteiger partial charge >= 0.3 is 0 Å². The molecule has 1 aliphatic carbocycles. The number of amides is 2. The van der Waals surface area contributed by atoms with Crippen molar-refractivity contribution >= 4 is 11.8 Å². The summed E-state index contributed by atoms with van der Waals surface area (Å²) in [6, 6.07) is 3.85. The van der Waals surface area contributed by atoms with Crippen molar-refractivity contribution in [3.8, 4) is 0 Å². The topological polar surface area (TPSA) is 62.3 Å². The Bertz CT molecular complexity index is 561. The number of hydrogen-bond donors (Lipinski definition) is 1. The average molecular weight is 329 g/mol. The zero-order valence-corrected chi connectivity index (χ0v) is 14.2. The van der Waals surface area contributed by atoms with Crippen molar-refractivity contribution in [2.45, 2.75) is 57.4 Å². The zero-order chi connectivity index (χ0) is 16.8. The predicted molar refractivity (Wildman–Crippen MR) is 92.3 cm³/mol. The van der Waals surface area contributed by atoms with Crippen LogP contribution < -0.4 is 5.32 Å².